The molecule has 0 atom stereocenters. The standard InChI is InChI=1S/C13H19NO5S/c1-4-7-14-20(16,17)11-5-6-12(10(2)8-11)19-9-13(15)18-3/h5-6,8,14H,4,7,9H2,1-3H3. The predicted molar refractivity (Wildman–Crippen MR) is 74.2 cm³/mol. The minimum atomic E-state index is -3.49. The first kappa shape index (κ1) is 16.5. The zero-order valence-electron chi connectivity index (χ0n) is 11.8. The summed E-state index contributed by atoms with van der Waals surface area (Å²) in [6.07, 6.45) is 0.721. The van der Waals surface area contributed by atoms with E-state index in [4.69, 9.17) is 4.74 Å². The van der Waals surface area contributed by atoms with E-state index in [9.17, 15) is 13.2 Å². The number of benzene rings is 1. The Bertz CT molecular complexity index is 568. The second kappa shape index (κ2) is 7.25. The molecule has 0 aliphatic heterocycles. The molecule has 0 bridgehead atoms. The van der Waals surface area contributed by atoms with Crippen LogP contribution in [0.3, 0.4) is 0 Å². The summed E-state index contributed by atoms with van der Waals surface area (Å²) in [6, 6.07) is 4.47. The Labute approximate surface area is 119 Å². The summed E-state index contributed by atoms with van der Waals surface area (Å²) >= 11 is 0. The fourth-order valence-electron chi connectivity index (χ4n) is 1.47. The summed E-state index contributed by atoms with van der Waals surface area (Å²) in [5.74, 6) is -0.0458. The number of methoxy groups -OCH3 is 1. The van der Waals surface area contributed by atoms with Crippen molar-refractivity contribution in [2.75, 3.05) is 20.3 Å². The smallest absolute Gasteiger partial charge is 0.343 e. The topological polar surface area (TPSA) is 81.7 Å². The molecule has 112 valence electrons. The third-order valence-electron chi connectivity index (χ3n) is 2.57. The number of sulfonamides is 1. The van der Waals surface area contributed by atoms with Crippen LogP contribution in [0.2, 0.25) is 0 Å². The van der Waals surface area contributed by atoms with Crippen molar-refractivity contribution < 1.29 is 22.7 Å². The Kier molecular flexibility index (Phi) is 5.97. The van der Waals surface area contributed by atoms with Crippen LogP contribution in [0.4, 0.5) is 0 Å². The molecule has 0 saturated carbocycles. The van der Waals surface area contributed by atoms with Crippen LogP contribution in [-0.2, 0) is 19.6 Å². The monoisotopic (exact) mass is 301 g/mol. The molecule has 0 radical (unpaired) electrons. The number of esters is 1. The summed E-state index contributed by atoms with van der Waals surface area (Å²) in [6.45, 7) is 3.78. The van der Waals surface area contributed by atoms with Crippen LogP contribution in [0.15, 0.2) is 23.1 Å². The van der Waals surface area contributed by atoms with Gasteiger partial charge in [-0.3, -0.25) is 0 Å². The molecule has 0 heterocycles. The van der Waals surface area contributed by atoms with Crippen LogP contribution >= 0.6 is 0 Å². The molecule has 0 unspecified atom stereocenters. The van der Waals surface area contributed by atoms with Gasteiger partial charge in [0.2, 0.25) is 10.0 Å². The highest BCUT2D eigenvalue weighted by molar-refractivity contribution is 7.89. The van der Waals surface area contributed by atoms with Crippen molar-refractivity contribution in [2.24, 2.45) is 0 Å². The molecule has 1 rings (SSSR count). The van der Waals surface area contributed by atoms with Gasteiger partial charge in [-0.25, -0.2) is 17.9 Å². The summed E-state index contributed by atoms with van der Waals surface area (Å²) in [5.41, 5.74) is 0.633. The number of nitrogens with one attached hydrogen (secondary N) is 1. The third kappa shape index (κ3) is 4.50. The van der Waals surface area contributed by atoms with E-state index in [1.165, 1.54) is 25.3 Å². The average Bonchev–Trinajstić information content (AvgIpc) is 2.43. The minimum absolute atomic E-state index is 0.175. The highest BCUT2D eigenvalue weighted by Gasteiger charge is 2.15. The molecular weight excluding hydrogens is 282 g/mol. The number of ether oxygens (including phenoxy) is 2. The largest absolute Gasteiger partial charge is 0.482 e. The minimum Gasteiger partial charge on any atom is -0.482 e. The van der Waals surface area contributed by atoms with Gasteiger partial charge in [-0.05, 0) is 37.1 Å². The Morgan fingerprint density at radius 1 is 1.35 bits per heavy atom. The van der Waals surface area contributed by atoms with Crippen molar-refractivity contribution in [2.45, 2.75) is 25.2 Å². The number of carbonyl (C=O) groups excluding carboxylic acids is 1. The van der Waals surface area contributed by atoms with Crippen LogP contribution in [0.1, 0.15) is 18.9 Å². The lowest BCUT2D eigenvalue weighted by Crippen LogP contribution is -2.24. The first-order valence-electron chi connectivity index (χ1n) is 6.20. The molecule has 1 N–H and O–H groups in total. The third-order valence-corrected chi connectivity index (χ3v) is 4.03. The molecule has 0 spiro atoms. The quantitative estimate of drug-likeness (QED) is 0.766. The molecule has 0 aliphatic rings. The van der Waals surface area contributed by atoms with Crippen LogP contribution in [-0.4, -0.2) is 34.6 Å². The molecule has 0 saturated heterocycles. The highest BCUT2D eigenvalue weighted by atomic mass is 32.2. The fraction of sp³-hybridized carbons (Fsp3) is 0.462. The van der Waals surface area contributed by atoms with E-state index < -0.39 is 16.0 Å². The molecule has 1 aromatic carbocycles. The normalized spacial score (nSPS) is 11.2. The van der Waals surface area contributed by atoms with Crippen LogP contribution in [0, 0.1) is 6.92 Å². The highest BCUT2D eigenvalue weighted by Crippen LogP contribution is 2.21. The molecule has 0 aromatic heterocycles. The number of hydrogen-bond acceptors (Lipinski definition) is 5. The lowest BCUT2D eigenvalue weighted by Gasteiger charge is -2.10. The van der Waals surface area contributed by atoms with Crippen LogP contribution in [0.5, 0.6) is 5.75 Å². The van der Waals surface area contributed by atoms with Crippen molar-refractivity contribution in [1.82, 2.24) is 4.72 Å². The molecule has 20 heavy (non-hydrogen) atoms. The van der Waals surface area contributed by atoms with Gasteiger partial charge in [0.05, 0.1) is 12.0 Å². The maximum Gasteiger partial charge on any atom is 0.343 e. The second-order valence-corrected chi connectivity index (χ2v) is 5.96. The first-order valence-corrected chi connectivity index (χ1v) is 7.69. The van der Waals surface area contributed by atoms with Gasteiger partial charge in [-0.2, -0.15) is 0 Å². The van der Waals surface area contributed by atoms with Gasteiger partial charge >= 0.3 is 5.97 Å². The van der Waals surface area contributed by atoms with E-state index in [-0.39, 0.29) is 11.5 Å². The summed E-state index contributed by atoms with van der Waals surface area (Å²) in [4.78, 5) is 11.2. The first-order chi connectivity index (χ1) is 9.40. The maximum absolute atomic E-state index is 11.9. The lowest BCUT2D eigenvalue weighted by atomic mass is 10.2. The Morgan fingerprint density at radius 2 is 2.05 bits per heavy atom. The van der Waals surface area contributed by atoms with Gasteiger partial charge in [0.1, 0.15) is 5.75 Å². The zero-order valence-corrected chi connectivity index (χ0v) is 12.6. The average molecular weight is 301 g/mol. The predicted octanol–water partition coefficient (Wildman–Crippen LogP) is 1.24. The lowest BCUT2D eigenvalue weighted by molar-refractivity contribution is -0.142. The van der Waals surface area contributed by atoms with E-state index in [2.05, 4.69) is 9.46 Å². The molecule has 0 fully saturated rings. The number of rotatable bonds is 7. The van der Waals surface area contributed by atoms with E-state index in [0.717, 1.165) is 6.42 Å². The molecular formula is C13H19NO5S. The Morgan fingerprint density at radius 3 is 2.60 bits per heavy atom. The van der Waals surface area contributed by atoms with E-state index in [1.54, 1.807) is 6.92 Å². The van der Waals surface area contributed by atoms with E-state index in [0.29, 0.717) is 17.9 Å². The van der Waals surface area contributed by atoms with E-state index in [1.807, 2.05) is 6.92 Å². The van der Waals surface area contributed by atoms with Crippen molar-refractivity contribution in [3.63, 3.8) is 0 Å². The molecule has 6 nitrogen and oxygen atoms in total. The van der Waals surface area contributed by atoms with Gasteiger partial charge in [0.25, 0.3) is 0 Å². The van der Waals surface area contributed by atoms with Crippen LogP contribution in [0.25, 0.3) is 0 Å². The maximum atomic E-state index is 11.9. The van der Waals surface area contributed by atoms with Gasteiger partial charge in [0.15, 0.2) is 6.61 Å². The second-order valence-electron chi connectivity index (χ2n) is 4.19. The Hall–Kier alpha value is -1.60. The molecule has 7 heteroatoms. The van der Waals surface area contributed by atoms with Crippen LogP contribution < -0.4 is 9.46 Å². The molecule has 0 amide bonds. The van der Waals surface area contributed by atoms with Crippen molar-refractivity contribution >= 4 is 16.0 Å². The summed E-state index contributed by atoms with van der Waals surface area (Å²) in [7, 11) is -2.22. The van der Waals surface area contributed by atoms with Gasteiger partial charge < -0.3 is 9.47 Å². The SMILES string of the molecule is CCCNS(=O)(=O)c1ccc(OCC(=O)OC)c(C)c1. The van der Waals surface area contributed by atoms with E-state index >= 15 is 0 Å². The summed E-state index contributed by atoms with van der Waals surface area (Å²) in [5, 5.41) is 0. The molecule has 1 aromatic rings. The van der Waals surface area contributed by atoms with Gasteiger partial charge in [-0.15, -0.1) is 0 Å². The van der Waals surface area contributed by atoms with Gasteiger partial charge in [0, 0.05) is 6.54 Å². The Balaban J connectivity index is 2.85. The summed E-state index contributed by atoms with van der Waals surface area (Å²) < 4.78 is 36.1. The van der Waals surface area contributed by atoms with Gasteiger partial charge in [-0.1, -0.05) is 6.92 Å². The van der Waals surface area contributed by atoms with Crippen molar-refractivity contribution in [3.8, 4) is 5.75 Å². The fourth-order valence-corrected chi connectivity index (χ4v) is 2.68. The van der Waals surface area contributed by atoms with Crippen molar-refractivity contribution in [1.29, 1.82) is 0 Å². The number of carbonyl (C=O) groups is 1. The van der Waals surface area contributed by atoms with Crippen molar-refractivity contribution in [3.05, 3.63) is 23.8 Å². The molecule has 0 aliphatic carbocycles. The number of hydrogen-bond donors (Lipinski definition) is 1. The zero-order chi connectivity index (χ0) is 15.2. The number of aryl methyl sites for hydroxylation is 1.